The molecular formula is C11H13N3O2. The highest BCUT2D eigenvalue weighted by molar-refractivity contribution is 5.85. The molecule has 0 spiro atoms. The highest BCUT2D eigenvalue weighted by atomic mass is 16.5. The zero-order chi connectivity index (χ0) is 11.6. The van der Waals surface area contributed by atoms with Gasteiger partial charge in [0, 0.05) is 19.7 Å². The summed E-state index contributed by atoms with van der Waals surface area (Å²) >= 11 is 0. The summed E-state index contributed by atoms with van der Waals surface area (Å²) in [6.07, 6.45) is 1.57. The SMILES string of the molecule is COC1(c2ccccc2)C=NNC(=O)N1C. The summed E-state index contributed by atoms with van der Waals surface area (Å²) in [4.78, 5) is 13.0. The summed E-state index contributed by atoms with van der Waals surface area (Å²) in [5.74, 6) is 0. The highest BCUT2D eigenvalue weighted by Gasteiger charge is 2.40. The molecule has 0 aliphatic carbocycles. The van der Waals surface area contributed by atoms with Crippen LogP contribution in [0.3, 0.4) is 0 Å². The smallest absolute Gasteiger partial charge is 0.340 e. The van der Waals surface area contributed by atoms with Gasteiger partial charge in [0.25, 0.3) is 0 Å². The quantitative estimate of drug-likeness (QED) is 0.810. The molecule has 0 saturated carbocycles. The average molecular weight is 219 g/mol. The molecule has 5 heteroatoms. The third kappa shape index (κ3) is 1.45. The van der Waals surface area contributed by atoms with Crippen molar-refractivity contribution < 1.29 is 9.53 Å². The predicted octanol–water partition coefficient (Wildman–Crippen LogP) is 1.13. The number of hydrogen-bond donors (Lipinski definition) is 1. The van der Waals surface area contributed by atoms with Crippen LogP contribution in [0.25, 0.3) is 0 Å². The van der Waals surface area contributed by atoms with Crippen molar-refractivity contribution in [2.24, 2.45) is 5.10 Å². The highest BCUT2D eigenvalue weighted by Crippen LogP contribution is 2.28. The van der Waals surface area contributed by atoms with Crippen molar-refractivity contribution in [2.45, 2.75) is 5.72 Å². The molecule has 0 bridgehead atoms. The first-order valence-corrected chi connectivity index (χ1v) is 4.89. The number of rotatable bonds is 2. The number of nitrogens with one attached hydrogen (secondary N) is 1. The number of carbonyl (C=O) groups is 1. The molecule has 0 radical (unpaired) electrons. The van der Waals surface area contributed by atoms with Gasteiger partial charge in [-0.1, -0.05) is 30.3 Å². The van der Waals surface area contributed by atoms with Gasteiger partial charge in [-0.2, -0.15) is 5.10 Å². The number of ether oxygens (including phenoxy) is 1. The zero-order valence-electron chi connectivity index (χ0n) is 9.18. The van der Waals surface area contributed by atoms with E-state index in [1.807, 2.05) is 30.3 Å². The van der Waals surface area contributed by atoms with Crippen LogP contribution in [-0.2, 0) is 10.5 Å². The summed E-state index contributed by atoms with van der Waals surface area (Å²) in [5, 5.41) is 3.82. The van der Waals surface area contributed by atoms with E-state index in [0.717, 1.165) is 5.56 Å². The Kier molecular flexibility index (Phi) is 2.62. The van der Waals surface area contributed by atoms with Crippen molar-refractivity contribution >= 4 is 12.2 Å². The Morgan fingerprint density at radius 2 is 2.06 bits per heavy atom. The van der Waals surface area contributed by atoms with Crippen LogP contribution in [0.4, 0.5) is 4.79 Å². The van der Waals surface area contributed by atoms with E-state index < -0.39 is 5.72 Å². The lowest BCUT2D eigenvalue weighted by molar-refractivity contribution is -0.0516. The molecular weight excluding hydrogens is 206 g/mol. The van der Waals surface area contributed by atoms with Gasteiger partial charge in [-0.05, 0) is 0 Å². The largest absolute Gasteiger partial charge is 0.350 e. The van der Waals surface area contributed by atoms with Gasteiger partial charge in [-0.15, -0.1) is 0 Å². The molecule has 5 nitrogen and oxygen atoms in total. The normalized spacial score (nSPS) is 24.4. The summed E-state index contributed by atoms with van der Waals surface area (Å²) in [7, 11) is 3.21. The fourth-order valence-corrected chi connectivity index (χ4v) is 1.74. The molecule has 1 aromatic rings. The van der Waals surface area contributed by atoms with Crippen molar-refractivity contribution in [3.8, 4) is 0 Å². The Morgan fingerprint density at radius 1 is 1.38 bits per heavy atom. The van der Waals surface area contributed by atoms with E-state index in [0.29, 0.717) is 0 Å². The molecule has 1 N–H and O–H groups in total. The molecule has 84 valence electrons. The van der Waals surface area contributed by atoms with Gasteiger partial charge in [-0.25, -0.2) is 10.2 Å². The van der Waals surface area contributed by atoms with Crippen LogP contribution < -0.4 is 5.43 Å². The Labute approximate surface area is 93.7 Å². The predicted molar refractivity (Wildman–Crippen MR) is 59.9 cm³/mol. The number of benzene rings is 1. The third-order valence-electron chi connectivity index (χ3n) is 2.70. The van der Waals surface area contributed by atoms with Crippen LogP contribution in [0.2, 0.25) is 0 Å². The number of carbonyl (C=O) groups excluding carboxylic acids is 1. The second-order valence-electron chi connectivity index (χ2n) is 3.50. The van der Waals surface area contributed by atoms with Crippen molar-refractivity contribution in [1.82, 2.24) is 10.3 Å². The van der Waals surface area contributed by atoms with Gasteiger partial charge < -0.3 is 4.74 Å². The minimum absolute atomic E-state index is 0.298. The molecule has 0 fully saturated rings. The van der Waals surface area contributed by atoms with Gasteiger partial charge in [0.15, 0.2) is 0 Å². The van der Waals surface area contributed by atoms with Crippen LogP contribution in [-0.4, -0.2) is 31.3 Å². The summed E-state index contributed by atoms with van der Waals surface area (Å²) in [6.45, 7) is 0. The van der Waals surface area contributed by atoms with Crippen molar-refractivity contribution in [3.63, 3.8) is 0 Å². The molecule has 1 unspecified atom stereocenters. The van der Waals surface area contributed by atoms with Gasteiger partial charge in [0.2, 0.25) is 5.72 Å². The molecule has 0 saturated heterocycles. The van der Waals surface area contributed by atoms with E-state index >= 15 is 0 Å². The lowest BCUT2D eigenvalue weighted by Crippen LogP contribution is -2.55. The van der Waals surface area contributed by atoms with E-state index in [2.05, 4.69) is 10.5 Å². The minimum atomic E-state index is -0.927. The molecule has 1 aromatic carbocycles. The molecule has 2 rings (SSSR count). The molecule has 1 atom stereocenters. The van der Waals surface area contributed by atoms with Gasteiger partial charge in [-0.3, -0.25) is 4.90 Å². The molecule has 1 aliphatic heterocycles. The van der Waals surface area contributed by atoms with E-state index in [-0.39, 0.29) is 6.03 Å². The van der Waals surface area contributed by atoms with E-state index in [1.54, 1.807) is 20.4 Å². The zero-order valence-corrected chi connectivity index (χ0v) is 9.18. The molecule has 1 heterocycles. The summed E-state index contributed by atoms with van der Waals surface area (Å²) in [6, 6.07) is 9.18. The van der Waals surface area contributed by atoms with Gasteiger partial charge in [0.1, 0.15) is 0 Å². The Balaban J connectivity index is 2.51. The Morgan fingerprint density at radius 3 is 2.69 bits per heavy atom. The van der Waals surface area contributed by atoms with Crippen molar-refractivity contribution in [1.29, 1.82) is 0 Å². The Hall–Kier alpha value is -1.88. The van der Waals surface area contributed by atoms with Crippen LogP contribution in [0, 0.1) is 0 Å². The second-order valence-corrected chi connectivity index (χ2v) is 3.50. The third-order valence-corrected chi connectivity index (χ3v) is 2.70. The van der Waals surface area contributed by atoms with E-state index in [4.69, 9.17) is 4.74 Å². The molecule has 2 amide bonds. The van der Waals surface area contributed by atoms with E-state index in [9.17, 15) is 4.79 Å². The second kappa shape index (κ2) is 3.94. The number of hydrazone groups is 1. The minimum Gasteiger partial charge on any atom is -0.350 e. The molecule has 0 aromatic heterocycles. The van der Waals surface area contributed by atoms with Gasteiger partial charge >= 0.3 is 6.03 Å². The standard InChI is InChI=1S/C11H13N3O2/c1-14-10(15)13-12-8-11(14,16-2)9-6-4-3-5-7-9/h3-8H,1-2H3,(H,13,15). The lowest BCUT2D eigenvalue weighted by Gasteiger charge is -2.39. The van der Waals surface area contributed by atoms with Gasteiger partial charge in [0.05, 0.1) is 6.21 Å². The van der Waals surface area contributed by atoms with E-state index in [1.165, 1.54) is 4.90 Å². The maximum Gasteiger partial charge on any atom is 0.340 e. The summed E-state index contributed by atoms with van der Waals surface area (Å²) < 4.78 is 5.46. The number of hydrogen-bond acceptors (Lipinski definition) is 3. The number of amides is 2. The first kappa shape index (κ1) is 10.6. The first-order chi connectivity index (χ1) is 7.70. The molecule has 16 heavy (non-hydrogen) atoms. The monoisotopic (exact) mass is 219 g/mol. The average Bonchev–Trinajstić information content (AvgIpc) is 2.34. The van der Waals surface area contributed by atoms with Crippen LogP contribution in [0.5, 0.6) is 0 Å². The van der Waals surface area contributed by atoms with Crippen LogP contribution >= 0.6 is 0 Å². The Bertz CT molecular complexity index is 418. The van der Waals surface area contributed by atoms with Crippen LogP contribution in [0.15, 0.2) is 35.4 Å². The molecule has 1 aliphatic rings. The van der Waals surface area contributed by atoms with Crippen molar-refractivity contribution in [2.75, 3.05) is 14.2 Å². The topological polar surface area (TPSA) is 53.9 Å². The van der Waals surface area contributed by atoms with Crippen LogP contribution in [0.1, 0.15) is 5.56 Å². The van der Waals surface area contributed by atoms with Crippen molar-refractivity contribution in [3.05, 3.63) is 35.9 Å². The summed E-state index contributed by atoms with van der Waals surface area (Å²) in [5.41, 5.74) is 2.30. The number of nitrogens with zero attached hydrogens (tertiary/aromatic N) is 2. The fraction of sp³-hybridized carbons (Fsp3) is 0.273. The maximum absolute atomic E-state index is 11.6. The maximum atomic E-state index is 11.6. The fourth-order valence-electron chi connectivity index (χ4n) is 1.74. The number of methoxy groups -OCH3 is 1. The first-order valence-electron chi connectivity index (χ1n) is 4.89. The number of urea groups is 1. The lowest BCUT2D eigenvalue weighted by atomic mass is 10.0.